The van der Waals surface area contributed by atoms with Crippen LogP contribution in [0, 0.1) is 11.8 Å². The molecule has 0 bridgehead atoms. The number of carbonyl (C=O) groups excluding carboxylic acids is 1. The summed E-state index contributed by atoms with van der Waals surface area (Å²) >= 11 is 0. The molecule has 0 unspecified atom stereocenters. The monoisotopic (exact) mass is 323 g/mol. The van der Waals surface area contributed by atoms with E-state index in [1.807, 2.05) is 6.92 Å². The number of rotatable bonds is 5. The zero-order valence-corrected chi connectivity index (χ0v) is 12.8. The number of ether oxygens (including phenoxy) is 1. The Morgan fingerprint density at radius 2 is 2.22 bits per heavy atom. The maximum atomic E-state index is 11.5. The number of aromatic nitrogens is 2. The van der Waals surface area contributed by atoms with E-state index in [0.717, 1.165) is 12.8 Å². The van der Waals surface area contributed by atoms with Crippen LogP contribution in [0.4, 0.5) is 0 Å². The number of hydrogen-bond donors (Lipinski definition) is 4. The second-order valence-electron chi connectivity index (χ2n) is 5.35. The standard InChI is InChI=1S/C15H21N3O5/c1-2-3-4-5-6-9-11(14(16)22)17-8-18(9)15-13(21)12(20)10(7-19)23-15/h8,10,12-13,15,19-21H,2-4,7H2,1H3,(H2,16,22)/t10-,12-,13-,15-/m1/s1. The predicted octanol–water partition coefficient (Wildman–Crippen LogP) is -0.865. The predicted molar refractivity (Wildman–Crippen MR) is 80.2 cm³/mol. The van der Waals surface area contributed by atoms with E-state index in [9.17, 15) is 15.0 Å². The van der Waals surface area contributed by atoms with Crippen LogP contribution >= 0.6 is 0 Å². The Hall–Kier alpha value is -1.92. The highest BCUT2D eigenvalue weighted by Gasteiger charge is 2.44. The molecular formula is C15H21N3O5. The molecule has 0 aliphatic carbocycles. The molecule has 4 atom stereocenters. The third kappa shape index (κ3) is 3.54. The molecule has 1 fully saturated rings. The van der Waals surface area contributed by atoms with Gasteiger partial charge in [0.15, 0.2) is 11.9 Å². The third-order valence-corrected chi connectivity index (χ3v) is 3.68. The van der Waals surface area contributed by atoms with Crippen molar-refractivity contribution in [1.82, 2.24) is 9.55 Å². The Kier molecular flexibility index (Phi) is 5.74. The molecule has 0 spiro atoms. The van der Waals surface area contributed by atoms with Crippen molar-refractivity contribution < 1.29 is 24.9 Å². The van der Waals surface area contributed by atoms with Gasteiger partial charge in [-0.05, 0) is 12.3 Å². The van der Waals surface area contributed by atoms with Crippen LogP contribution < -0.4 is 5.73 Å². The number of primary amides is 1. The second-order valence-corrected chi connectivity index (χ2v) is 5.35. The number of imidazole rings is 1. The Morgan fingerprint density at radius 3 is 2.78 bits per heavy atom. The van der Waals surface area contributed by atoms with Crippen LogP contribution in [0.5, 0.6) is 0 Å². The van der Waals surface area contributed by atoms with Gasteiger partial charge in [-0.1, -0.05) is 19.3 Å². The molecule has 1 aliphatic heterocycles. The molecule has 2 heterocycles. The molecule has 1 aliphatic rings. The number of nitrogens with zero attached hydrogens (tertiary/aromatic N) is 2. The van der Waals surface area contributed by atoms with Gasteiger partial charge in [0.05, 0.1) is 12.9 Å². The normalized spacial score (nSPS) is 26.8. The van der Waals surface area contributed by atoms with Crippen molar-refractivity contribution in [2.24, 2.45) is 5.73 Å². The van der Waals surface area contributed by atoms with Gasteiger partial charge in [0.25, 0.3) is 5.91 Å². The fourth-order valence-electron chi connectivity index (χ4n) is 2.38. The lowest BCUT2D eigenvalue weighted by Crippen LogP contribution is -2.33. The van der Waals surface area contributed by atoms with Crippen molar-refractivity contribution in [3.8, 4) is 11.8 Å². The zero-order chi connectivity index (χ0) is 17.0. The van der Waals surface area contributed by atoms with Crippen molar-refractivity contribution in [3.05, 3.63) is 17.7 Å². The van der Waals surface area contributed by atoms with E-state index < -0.39 is 37.1 Å². The van der Waals surface area contributed by atoms with E-state index in [-0.39, 0.29) is 11.4 Å². The quantitative estimate of drug-likeness (QED) is 0.412. The van der Waals surface area contributed by atoms with Crippen LogP contribution in [0.2, 0.25) is 0 Å². The highest BCUT2D eigenvalue weighted by atomic mass is 16.6. The van der Waals surface area contributed by atoms with Crippen molar-refractivity contribution >= 4 is 5.91 Å². The van der Waals surface area contributed by atoms with Crippen LogP contribution in [0.3, 0.4) is 0 Å². The van der Waals surface area contributed by atoms with Gasteiger partial charge in [-0.25, -0.2) is 4.98 Å². The van der Waals surface area contributed by atoms with E-state index in [2.05, 4.69) is 16.8 Å². The molecular weight excluding hydrogens is 302 g/mol. The maximum absolute atomic E-state index is 11.5. The lowest BCUT2D eigenvalue weighted by molar-refractivity contribution is -0.0531. The average molecular weight is 323 g/mol. The molecule has 2 rings (SSSR count). The van der Waals surface area contributed by atoms with Gasteiger partial charge < -0.3 is 25.8 Å². The highest BCUT2D eigenvalue weighted by Crippen LogP contribution is 2.30. The first-order chi connectivity index (χ1) is 11.0. The molecule has 23 heavy (non-hydrogen) atoms. The lowest BCUT2D eigenvalue weighted by atomic mass is 10.1. The first-order valence-electron chi connectivity index (χ1n) is 7.49. The molecule has 0 aromatic carbocycles. The number of aliphatic hydroxyl groups is 3. The Labute approximate surface area is 133 Å². The van der Waals surface area contributed by atoms with Gasteiger partial charge >= 0.3 is 0 Å². The summed E-state index contributed by atoms with van der Waals surface area (Å²) in [5, 5.41) is 29.1. The number of nitrogens with two attached hydrogens (primary N) is 1. The SMILES string of the molecule is CCCCC#Cc1c(C(N)=O)ncn1[C@@H]1O[C@H](CO)[C@@H](O)[C@H]1O. The zero-order valence-electron chi connectivity index (χ0n) is 12.8. The third-order valence-electron chi connectivity index (χ3n) is 3.68. The van der Waals surface area contributed by atoms with Gasteiger partial charge in [-0.2, -0.15) is 0 Å². The highest BCUT2D eigenvalue weighted by molar-refractivity contribution is 5.93. The largest absolute Gasteiger partial charge is 0.394 e. The summed E-state index contributed by atoms with van der Waals surface area (Å²) in [5.41, 5.74) is 5.50. The number of hydrogen-bond acceptors (Lipinski definition) is 6. The summed E-state index contributed by atoms with van der Waals surface area (Å²) in [6.45, 7) is 1.60. The summed E-state index contributed by atoms with van der Waals surface area (Å²) < 4.78 is 6.80. The number of amides is 1. The van der Waals surface area contributed by atoms with Crippen molar-refractivity contribution in [2.45, 2.75) is 50.7 Å². The smallest absolute Gasteiger partial charge is 0.270 e. The minimum atomic E-state index is -1.28. The molecule has 8 nitrogen and oxygen atoms in total. The van der Waals surface area contributed by atoms with E-state index >= 15 is 0 Å². The Bertz CT molecular complexity index is 618. The van der Waals surface area contributed by atoms with Gasteiger partial charge in [-0.15, -0.1) is 0 Å². The molecule has 8 heteroatoms. The number of aliphatic hydroxyl groups excluding tert-OH is 3. The van der Waals surface area contributed by atoms with Gasteiger partial charge in [0.1, 0.15) is 24.0 Å². The van der Waals surface area contributed by atoms with Crippen molar-refractivity contribution in [1.29, 1.82) is 0 Å². The first-order valence-corrected chi connectivity index (χ1v) is 7.49. The van der Waals surface area contributed by atoms with E-state index in [0.29, 0.717) is 6.42 Å². The fraction of sp³-hybridized carbons (Fsp3) is 0.600. The van der Waals surface area contributed by atoms with Crippen LogP contribution in [0.15, 0.2) is 6.33 Å². The van der Waals surface area contributed by atoms with Crippen LogP contribution in [0.25, 0.3) is 0 Å². The van der Waals surface area contributed by atoms with Crippen LogP contribution in [-0.2, 0) is 4.74 Å². The summed E-state index contributed by atoms with van der Waals surface area (Å²) in [7, 11) is 0. The van der Waals surface area contributed by atoms with Crippen LogP contribution in [-0.4, -0.2) is 55.7 Å². The van der Waals surface area contributed by atoms with Gasteiger partial charge in [0.2, 0.25) is 0 Å². The molecule has 126 valence electrons. The van der Waals surface area contributed by atoms with E-state index in [4.69, 9.17) is 15.6 Å². The summed E-state index contributed by atoms with van der Waals surface area (Å²) in [6, 6.07) is 0. The molecule has 0 radical (unpaired) electrons. The Balaban J connectivity index is 2.34. The second kappa shape index (κ2) is 7.57. The lowest BCUT2D eigenvalue weighted by Gasteiger charge is -2.17. The first kappa shape index (κ1) is 17.4. The minimum Gasteiger partial charge on any atom is -0.394 e. The minimum absolute atomic E-state index is 0.0215. The maximum Gasteiger partial charge on any atom is 0.270 e. The van der Waals surface area contributed by atoms with Crippen LogP contribution in [0.1, 0.15) is 48.6 Å². The number of unbranched alkanes of at least 4 members (excludes halogenated alkanes) is 2. The molecule has 5 N–H and O–H groups in total. The summed E-state index contributed by atoms with van der Waals surface area (Å²) in [6.07, 6.45) is -0.607. The average Bonchev–Trinajstić information content (AvgIpc) is 3.06. The van der Waals surface area contributed by atoms with Crippen molar-refractivity contribution in [3.63, 3.8) is 0 Å². The van der Waals surface area contributed by atoms with Crippen molar-refractivity contribution in [2.75, 3.05) is 6.61 Å². The fourth-order valence-corrected chi connectivity index (χ4v) is 2.38. The molecule has 1 amide bonds. The molecule has 1 saturated heterocycles. The Morgan fingerprint density at radius 1 is 1.48 bits per heavy atom. The van der Waals surface area contributed by atoms with Gasteiger partial charge in [0, 0.05) is 6.42 Å². The molecule has 1 aromatic heterocycles. The van der Waals surface area contributed by atoms with E-state index in [1.165, 1.54) is 10.9 Å². The van der Waals surface area contributed by atoms with E-state index in [1.54, 1.807) is 0 Å². The van der Waals surface area contributed by atoms with Gasteiger partial charge in [-0.3, -0.25) is 9.36 Å². The molecule has 0 saturated carbocycles. The summed E-state index contributed by atoms with van der Waals surface area (Å²) in [5.74, 6) is 5.03. The number of carbonyl (C=O) groups is 1. The molecule has 1 aromatic rings. The summed E-state index contributed by atoms with van der Waals surface area (Å²) in [4.78, 5) is 15.4. The topological polar surface area (TPSA) is 131 Å².